The molecule has 10 heteroatoms. The maximum atomic E-state index is 15.4. The maximum absolute atomic E-state index is 15.4. The Balaban J connectivity index is 1.62. The van der Waals surface area contributed by atoms with Crippen molar-refractivity contribution in [2.24, 2.45) is 7.05 Å². The highest BCUT2D eigenvalue weighted by molar-refractivity contribution is 5.92. The fraction of sp³-hybridized carbons (Fsp3) is 0.143. The lowest BCUT2D eigenvalue weighted by Gasteiger charge is -2.09. The summed E-state index contributed by atoms with van der Waals surface area (Å²) in [5, 5.41) is 16.4. The zero-order chi connectivity index (χ0) is 21.7. The van der Waals surface area contributed by atoms with Crippen LogP contribution in [0.25, 0.3) is 27.7 Å². The first-order valence-corrected chi connectivity index (χ1v) is 9.38. The highest BCUT2D eigenvalue weighted by Gasteiger charge is 2.19. The minimum atomic E-state index is -0.744. The van der Waals surface area contributed by atoms with Crippen LogP contribution in [0.4, 0.5) is 8.78 Å². The van der Waals surface area contributed by atoms with E-state index in [-0.39, 0.29) is 40.2 Å². The molecule has 31 heavy (non-hydrogen) atoms. The maximum Gasteiger partial charge on any atom is 0.179 e. The first kappa shape index (κ1) is 18.9. The van der Waals surface area contributed by atoms with E-state index in [1.54, 1.807) is 42.5 Å². The van der Waals surface area contributed by atoms with E-state index in [9.17, 15) is 9.18 Å². The molecule has 0 aliphatic carbocycles. The smallest absolute Gasteiger partial charge is 0.179 e. The Bertz CT molecular complexity index is 1490. The second kappa shape index (κ2) is 7.01. The van der Waals surface area contributed by atoms with Crippen molar-refractivity contribution in [2.75, 3.05) is 0 Å². The molecule has 0 bridgehead atoms. The van der Waals surface area contributed by atoms with Gasteiger partial charge < -0.3 is 0 Å². The molecular formula is C21H15F2N7O. The molecule has 5 rings (SSSR count). The van der Waals surface area contributed by atoms with Gasteiger partial charge in [0, 0.05) is 60.9 Å². The predicted molar refractivity (Wildman–Crippen MR) is 107 cm³/mol. The molecule has 0 atom stereocenters. The van der Waals surface area contributed by atoms with Gasteiger partial charge in [0.1, 0.15) is 17.3 Å². The van der Waals surface area contributed by atoms with Crippen LogP contribution in [0.1, 0.15) is 28.8 Å². The van der Waals surface area contributed by atoms with Crippen molar-refractivity contribution in [3.8, 4) is 11.1 Å². The van der Waals surface area contributed by atoms with Gasteiger partial charge in [0.05, 0.1) is 11.7 Å². The molecule has 0 saturated carbocycles. The average molecular weight is 419 g/mol. The number of hydrogen-bond acceptors (Lipinski definition) is 6. The second-order valence-corrected chi connectivity index (χ2v) is 7.18. The minimum Gasteiger partial charge on any atom is -0.293 e. The number of ketones is 1. The van der Waals surface area contributed by atoms with Gasteiger partial charge in [0.2, 0.25) is 0 Å². The Labute approximate surface area is 174 Å². The van der Waals surface area contributed by atoms with E-state index in [0.29, 0.717) is 11.2 Å². The molecule has 154 valence electrons. The molecule has 0 radical (unpaired) electrons. The van der Waals surface area contributed by atoms with E-state index in [1.807, 2.05) is 0 Å². The summed E-state index contributed by atoms with van der Waals surface area (Å²) >= 11 is 0. The summed E-state index contributed by atoms with van der Waals surface area (Å²) in [4.78, 5) is 15.8. The van der Waals surface area contributed by atoms with E-state index in [1.165, 1.54) is 23.6 Å². The van der Waals surface area contributed by atoms with Crippen LogP contribution in [-0.4, -0.2) is 40.4 Å². The Morgan fingerprint density at radius 3 is 2.68 bits per heavy atom. The quantitative estimate of drug-likeness (QED) is 0.416. The van der Waals surface area contributed by atoms with E-state index < -0.39 is 11.6 Å². The molecule has 0 spiro atoms. The van der Waals surface area contributed by atoms with Crippen LogP contribution >= 0.6 is 0 Å². The highest BCUT2D eigenvalue weighted by atomic mass is 19.1. The lowest BCUT2D eigenvalue weighted by atomic mass is 10.0. The summed E-state index contributed by atoms with van der Waals surface area (Å²) in [5.74, 6) is -1.50. The van der Waals surface area contributed by atoms with Gasteiger partial charge in [-0.05, 0) is 18.2 Å². The molecule has 8 nitrogen and oxygen atoms in total. The Morgan fingerprint density at radius 2 is 1.94 bits per heavy atom. The minimum absolute atomic E-state index is 0.179. The third kappa shape index (κ3) is 3.21. The summed E-state index contributed by atoms with van der Waals surface area (Å²) < 4.78 is 33.1. The van der Waals surface area contributed by atoms with Crippen LogP contribution in [0.5, 0.6) is 0 Å². The monoisotopic (exact) mass is 419 g/mol. The van der Waals surface area contributed by atoms with Gasteiger partial charge in [-0.15, -0.1) is 10.2 Å². The number of carbonyl (C=O) groups excluding carboxylic acids is 1. The Morgan fingerprint density at radius 1 is 1.10 bits per heavy atom. The SMILES string of the molecule is CC(=O)c1ccc2nnc(Cc3c(F)cc4ncc(-c5cnn(C)c5)cc4c3F)n2n1. The van der Waals surface area contributed by atoms with Gasteiger partial charge in [-0.3, -0.25) is 14.5 Å². The van der Waals surface area contributed by atoms with Gasteiger partial charge in [-0.2, -0.15) is 14.7 Å². The van der Waals surface area contributed by atoms with Crippen molar-refractivity contribution in [1.82, 2.24) is 34.6 Å². The van der Waals surface area contributed by atoms with Gasteiger partial charge in [-0.25, -0.2) is 8.78 Å². The number of nitrogens with zero attached hydrogens (tertiary/aromatic N) is 7. The molecule has 1 aromatic carbocycles. The lowest BCUT2D eigenvalue weighted by molar-refractivity contribution is 0.101. The van der Waals surface area contributed by atoms with E-state index in [2.05, 4.69) is 25.4 Å². The lowest BCUT2D eigenvalue weighted by Crippen LogP contribution is -2.07. The summed E-state index contributed by atoms with van der Waals surface area (Å²) in [7, 11) is 1.78. The summed E-state index contributed by atoms with van der Waals surface area (Å²) in [6.45, 7) is 1.38. The average Bonchev–Trinajstić information content (AvgIpc) is 3.36. The van der Waals surface area contributed by atoms with Crippen LogP contribution in [0, 0.1) is 11.6 Å². The molecule has 4 heterocycles. The van der Waals surface area contributed by atoms with Crippen molar-refractivity contribution >= 4 is 22.3 Å². The summed E-state index contributed by atoms with van der Waals surface area (Å²) in [5.41, 5.74) is 2.04. The molecule has 0 aliphatic rings. The number of aryl methyl sites for hydroxylation is 1. The number of benzene rings is 1. The normalized spacial score (nSPS) is 11.5. The number of rotatable bonds is 4. The van der Waals surface area contributed by atoms with Gasteiger partial charge >= 0.3 is 0 Å². The Kier molecular flexibility index (Phi) is 4.28. The molecule has 0 fully saturated rings. The van der Waals surface area contributed by atoms with Gasteiger partial charge in [-0.1, -0.05) is 0 Å². The predicted octanol–water partition coefficient (Wildman–Crippen LogP) is 3.14. The van der Waals surface area contributed by atoms with Crippen molar-refractivity contribution in [3.63, 3.8) is 0 Å². The zero-order valence-corrected chi connectivity index (χ0v) is 16.5. The van der Waals surface area contributed by atoms with Gasteiger partial charge in [0.15, 0.2) is 17.3 Å². The first-order valence-electron chi connectivity index (χ1n) is 9.38. The summed E-state index contributed by atoms with van der Waals surface area (Å²) in [6, 6.07) is 5.92. The van der Waals surface area contributed by atoms with Crippen LogP contribution < -0.4 is 0 Å². The molecule has 4 aromatic heterocycles. The molecule has 0 amide bonds. The van der Waals surface area contributed by atoms with E-state index in [4.69, 9.17) is 0 Å². The Hall–Kier alpha value is -4.08. The number of aromatic nitrogens is 7. The van der Waals surface area contributed by atoms with Crippen LogP contribution in [0.15, 0.2) is 42.9 Å². The molecule has 0 unspecified atom stereocenters. The van der Waals surface area contributed by atoms with Crippen molar-refractivity contribution < 1.29 is 13.6 Å². The summed E-state index contributed by atoms with van der Waals surface area (Å²) in [6.07, 6.45) is 4.79. The van der Waals surface area contributed by atoms with Crippen LogP contribution in [0.2, 0.25) is 0 Å². The number of fused-ring (bicyclic) bond motifs is 2. The zero-order valence-electron chi connectivity index (χ0n) is 16.5. The molecule has 5 aromatic rings. The standard InChI is InChI=1S/C21H15F2N7O/c1-11(31)17-3-4-19-26-27-20(30(19)28-17)6-14-16(22)7-18-15(21(14)23)5-12(8-24-18)13-9-25-29(2)10-13/h3-5,7-10H,6H2,1-2H3. The molecular weight excluding hydrogens is 404 g/mol. The number of hydrogen-bond donors (Lipinski definition) is 0. The number of pyridine rings is 1. The fourth-order valence-corrected chi connectivity index (χ4v) is 3.42. The molecule has 0 aliphatic heterocycles. The number of Topliss-reactive ketones (excluding diaryl/α,β-unsaturated/α-hetero) is 1. The largest absolute Gasteiger partial charge is 0.293 e. The molecule has 0 N–H and O–H groups in total. The van der Waals surface area contributed by atoms with Crippen molar-refractivity contribution in [2.45, 2.75) is 13.3 Å². The number of halogens is 2. The first-order chi connectivity index (χ1) is 14.9. The fourth-order valence-electron chi connectivity index (χ4n) is 3.42. The highest BCUT2D eigenvalue weighted by Crippen LogP contribution is 2.28. The second-order valence-electron chi connectivity index (χ2n) is 7.18. The molecule has 0 saturated heterocycles. The van der Waals surface area contributed by atoms with Crippen LogP contribution in [-0.2, 0) is 13.5 Å². The van der Waals surface area contributed by atoms with E-state index in [0.717, 1.165) is 5.56 Å². The topological polar surface area (TPSA) is 90.9 Å². The van der Waals surface area contributed by atoms with Gasteiger partial charge in [0.25, 0.3) is 0 Å². The van der Waals surface area contributed by atoms with Crippen LogP contribution in [0.3, 0.4) is 0 Å². The number of carbonyl (C=O) groups is 1. The third-order valence-electron chi connectivity index (χ3n) is 5.03. The third-order valence-corrected chi connectivity index (χ3v) is 5.03. The van der Waals surface area contributed by atoms with Crippen molar-refractivity contribution in [3.05, 3.63) is 71.6 Å². The van der Waals surface area contributed by atoms with Crippen molar-refractivity contribution in [1.29, 1.82) is 0 Å². The van der Waals surface area contributed by atoms with E-state index >= 15 is 4.39 Å².